The summed E-state index contributed by atoms with van der Waals surface area (Å²) >= 11 is 0. The van der Waals surface area contributed by atoms with Crippen LogP contribution in [0.2, 0.25) is 0 Å². The van der Waals surface area contributed by atoms with E-state index < -0.39 is 5.82 Å². The summed E-state index contributed by atoms with van der Waals surface area (Å²) in [5.41, 5.74) is 6.73. The summed E-state index contributed by atoms with van der Waals surface area (Å²) in [6.45, 7) is 0. The molecule has 2 unspecified atom stereocenters. The number of nitrogens with one attached hydrogen (secondary N) is 1. The van der Waals surface area contributed by atoms with Crippen molar-refractivity contribution in [3.63, 3.8) is 0 Å². The number of rotatable bonds is 3. The average Bonchev–Trinajstić information content (AvgIpc) is 2.47. The second kappa shape index (κ2) is 6.24. The predicted octanol–water partition coefficient (Wildman–Crippen LogP) is 2.93. The fourth-order valence-corrected chi connectivity index (χ4v) is 3.99. The minimum absolute atomic E-state index is 0.0136. The van der Waals surface area contributed by atoms with Gasteiger partial charge in [-0.15, -0.1) is 0 Å². The number of fused-ring (bicyclic) bond motifs is 2. The van der Waals surface area contributed by atoms with Gasteiger partial charge in [-0.05, 0) is 49.7 Å². The van der Waals surface area contributed by atoms with E-state index in [0.717, 1.165) is 25.7 Å². The Morgan fingerprint density at radius 2 is 2.00 bits per heavy atom. The van der Waals surface area contributed by atoms with Crippen molar-refractivity contribution in [1.82, 2.24) is 0 Å². The van der Waals surface area contributed by atoms with Crippen LogP contribution in [0.5, 0.6) is 5.75 Å². The molecule has 22 heavy (non-hydrogen) atoms. The van der Waals surface area contributed by atoms with E-state index >= 15 is 0 Å². The molecule has 0 aromatic heterocycles. The molecule has 0 heterocycles. The second-order valence-electron chi connectivity index (χ2n) is 6.54. The molecule has 1 aromatic rings. The zero-order valence-electron chi connectivity index (χ0n) is 12.8. The number of amides is 1. The largest absolute Gasteiger partial charge is 0.494 e. The molecule has 1 amide bonds. The molecule has 2 aliphatic carbocycles. The molecule has 4 nitrogen and oxygen atoms in total. The van der Waals surface area contributed by atoms with Crippen LogP contribution in [-0.2, 0) is 4.79 Å². The molecule has 2 atom stereocenters. The van der Waals surface area contributed by atoms with Gasteiger partial charge in [-0.3, -0.25) is 4.79 Å². The highest BCUT2D eigenvalue weighted by Crippen LogP contribution is 2.42. The highest BCUT2D eigenvalue weighted by atomic mass is 19.1. The summed E-state index contributed by atoms with van der Waals surface area (Å²) in [6.07, 6.45) is 5.17. The van der Waals surface area contributed by atoms with Gasteiger partial charge in [0.1, 0.15) is 0 Å². The molecule has 2 aliphatic rings. The van der Waals surface area contributed by atoms with Crippen LogP contribution in [0.25, 0.3) is 0 Å². The number of carbonyl (C=O) groups excluding carboxylic acids is 1. The summed E-state index contributed by atoms with van der Waals surface area (Å²) in [4.78, 5) is 12.5. The Bertz CT molecular complexity index is 550. The number of hydrogen-bond donors (Lipinski definition) is 2. The molecule has 3 N–H and O–H groups in total. The van der Waals surface area contributed by atoms with Crippen molar-refractivity contribution >= 4 is 11.6 Å². The van der Waals surface area contributed by atoms with E-state index in [1.165, 1.54) is 25.7 Å². The molecule has 120 valence electrons. The van der Waals surface area contributed by atoms with Crippen molar-refractivity contribution in [3.8, 4) is 5.75 Å². The van der Waals surface area contributed by atoms with Gasteiger partial charge in [0.25, 0.3) is 0 Å². The van der Waals surface area contributed by atoms with Gasteiger partial charge in [0.2, 0.25) is 5.91 Å². The van der Waals surface area contributed by atoms with Crippen LogP contribution in [0, 0.1) is 23.6 Å². The van der Waals surface area contributed by atoms with Crippen molar-refractivity contribution in [2.75, 3.05) is 12.4 Å². The summed E-state index contributed by atoms with van der Waals surface area (Å²) < 4.78 is 18.6. The van der Waals surface area contributed by atoms with Gasteiger partial charge in [0.05, 0.1) is 7.11 Å². The zero-order chi connectivity index (χ0) is 15.7. The highest BCUT2D eigenvalue weighted by molar-refractivity contribution is 5.92. The summed E-state index contributed by atoms with van der Waals surface area (Å²) in [7, 11) is 1.42. The van der Waals surface area contributed by atoms with Gasteiger partial charge in [-0.2, -0.15) is 0 Å². The van der Waals surface area contributed by atoms with Crippen LogP contribution in [0.4, 0.5) is 10.1 Å². The van der Waals surface area contributed by atoms with E-state index in [2.05, 4.69) is 5.32 Å². The maximum absolute atomic E-state index is 13.7. The third-order valence-corrected chi connectivity index (χ3v) is 5.20. The molecule has 1 aromatic carbocycles. The molecule has 5 heteroatoms. The average molecular weight is 306 g/mol. The molecule has 3 rings (SSSR count). The van der Waals surface area contributed by atoms with E-state index in [0.29, 0.717) is 17.5 Å². The third kappa shape index (κ3) is 2.95. The number of anilines is 1. The number of ether oxygens (including phenoxy) is 1. The molecule has 0 radical (unpaired) electrons. The van der Waals surface area contributed by atoms with E-state index in [-0.39, 0.29) is 23.6 Å². The van der Waals surface area contributed by atoms with E-state index in [1.54, 1.807) is 6.07 Å². The van der Waals surface area contributed by atoms with Crippen LogP contribution >= 0.6 is 0 Å². The van der Waals surface area contributed by atoms with Gasteiger partial charge >= 0.3 is 0 Å². The number of halogens is 1. The topological polar surface area (TPSA) is 64.3 Å². The first-order valence-corrected chi connectivity index (χ1v) is 7.98. The minimum atomic E-state index is -0.470. The van der Waals surface area contributed by atoms with Crippen LogP contribution in [0.3, 0.4) is 0 Å². The fourth-order valence-electron chi connectivity index (χ4n) is 3.99. The number of carbonyl (C=O) groups is 1. The Morgan fingerprint density at radius 3 is 2.59 bits per heavy atom. The summed E-state index contributed by atoms with van der Waals surface area (Å²) in [6, 6.07) is 4.73. The fraction of sp³-hybridized carbons (Fsp3) is 0.588. The van der Waals surface area contributed by atoms with Gasteiger partial charge in [-0.25, -0.2) is 4.39 Å². The van der Waals surface area contributed by atoms with Crippen molar-refractivity contribution in [3.05, 3.63) is 24.0 Å². The molecular formula is C17H23FN2O2. The number of hydrogen-bond acceptors (Lipinski definition) is 3. The van der Waals surface area contributed by atoms with Crippen molar-refractivity contribution in [1.29, 1.82) is 0 Å². The maximum atomic E-state index is 13.7. The van der Waals surface area contributed by atoms with Crippen LogP contribution in [0.15, 0.2) is 18.2 Å². The van der Waals surface area contributed by atoms with Crippen LogP contribution in [0.1, 0.15) is 32.1 Å². The van der Waals surface area contributed by atoms with Crippen molar-refractivity contribution in [2.45, 2.75) is 38.1 Å². The maximum Gasteiger partial charge on any atom is 0.227 e. The van der Waals surface area contributed by atoms with Crippen molar-refractivity contribution in [2.24, 2.45) is 23.5 Å². The lowest BCUT2D eigenvalue weighted by Crippen LogP contribution is -2.48. The molecule has 0 saturated heterocycles. The van der Waals surface area contributed by atoms with E-state index in [1.807, 2.05) is 0 Å². The Balaban J connectivity index is 1.66. The van der Waals surface area contributed by atoms with Crippen LogP contribution < -0.4 is 15.8 Å². The molecule has 0 aliphatic heterocycles. The molecule has 0 spiro atoms. The molecular weight excluding hydrogens is 283 g/mol. The number of nitrogens with two attached hydrogens (primary N) is 1. The molecule has 2 fully saturated rings. The Labute approximate surface area is 130 Å². The highest BCUT2D eigenvalue weighted by Gasteiger charge is 2.40. The van der Waals surface area contributed by atoms with Gasteiger partial charge < -0.3 is 15.8 Å². The Morgan fingerprint density at radius 1 is 1.32 bits per heavy atom. The third-order valence-electron chi connectivity index (χ3n) is 5.20. The van der Waals surface area contributed by atoms with Gasteiger partial charge in [0, 0.05) is 23.7 Å². The zero-order valence-corrected chi connectivity index (χ0v) is 12.8. The predicted molar refractivity (Wildman–Crippen MR) is 83.1 cm³/mol. The first-order chi connectivity index (χ1) is 10.6. The lowest BCUT2D eigenvalue weighted by atomic mass is 9.65. The molecule has 2 saturated carbocycles. The van der Waals surface area contributed by atoms with Crippen LogP contribution in [-0.4, -0.2) is 19.1 Å². The monoisotopic (exact) mass is 306 g/mol. The standard InChI is InChI=1S/C17H23FN2O2/c1-22-15-6-5-13(9-14(15)18)20-17(21)12-7-10-3-2-4-11(8-12)16(10)19/h5-6,9-12,16H,2-4,7-8,19H2,1H3,(H,20,21). The SMILES string of the molecule is COc1ccc(NC(=O)C2CC3CCCC(C2)C3N)cc1F. The van der Waals surface area contributed by atoms with E-state index in [4.69, 9.17) is 10.5 Å². The first kappa shape index (κ1) is 15.3. The van der Waals surface area contributed by atoms with Gasteiger partial charge in [0.15, 0.2) is 11.6 Å². The summed E-state index contributed by atoms with van der Waals surface area (Å²) in [5, 5.41) is 2.83. The number of methoxy groups -OCH3 is 1. The number of benzene rings is 1. The van der Waals surface area contributed by atoms with Crippen molar-refractivity contribution < 1.29 is 13.9 Å². The normalized spacial score (nSPS) is 30.7. The lowest BCUT2D eigenvalue weighted by Gasteiger charge is -2.43. The van der Waals surface area contributed by atoms with E-state index in [9.17, 15) is 9.18 Å². The first-order valence-electron chi connectivity index (χ1n) is 7.98. The smallest absolute Gasteiger partial charge is 0.227 e. The van der Waals surface area contributed by atoms with Gasteiger partial charge in [-0.1, -0.05) is 6.42 Å². The minimum Gasteiger partial charge on any atom is -0.494 e. The lowest BCUT2D eigenvalue weighted by molar-refractivity contribution is -0.122. The Kier molecular flexibility index (Phi) is 4.34. The quantitative estimate of drug-likeness (QED) is 0.902. The second-order valence-corrected chi connectivity index (χ2v) is 6.54. The molecule has 2 bridgehead atoms. The Hall–Kier alpha value is -1.62. The summed E-state index contributed by atoms with van der Waals surface area (Å²) in [5.74, 6) is 0.583.